The van der Waals surface area contributed by atoms with Gasteiger partial charge in [-0.05, 0) is 36.2 Å². The first kappa shape index (κ1) is 20.9. The number of hydrogen-bond acceptors (Lipinski definition) is 4. The van der Waals surface area contributed by atoms with E-state index in [2.05, 4.69) is 10.3 Å². The second-order valence-electron chi connectivity index (χ2n) is 6.27. The number of hydrogen-bond donors (Lipinski definition) is 1. The van der Waals surface area contributed by atoms with Crippen LogP contribution in [-0.4, -0.2) is 17.4 Å². The molecule has 0 bridgehead atoms. The highest BCUT2D eigenvalue weighted by Crippen LogP contribution is 2.33. The molecule has 4 nitrogen and oxygen atoms in total. The standard InChI is InChI=1S/C21H19F3N2O2S/c1-2-11-25-19(27)17-13-29-20(26-17)16-5-3-4-6-18(16)28-12-14-7-9-15(10-8-14)21(22,23)24/h3-10,13H,2,11-12H2,1H3,(H,25,27). The molecule has 1 aromatic heterocycles. The summed E-state index contributed by atoms with van der Waals surface area (Å²) in [6.07, 6.45) is -3.53. The summed E-state index contributed by atoms with van der Waals surface area (Å²) in [5, 5.41) is 5.11. The Morgan fingerprint density at radius 2 is 1.86 bits per heavy atom. The number of amides is 1. The van der Waals surface area contributed by atoms with E-state index in [4.69, 9.17) is 4.74 Å². The van der Waals surface area contributed by atoms with Crippen LogP contribution >= 0.6 is 11.3 Å². The van der Waals surface area contributed by atoms with Gasteiger partial charge < -0.3 is 10.1 Å². The zero-order valence-corrected chi connectivity index (χ0v) is 16.4. The number of nitrogens with zero attached hydrogens (tertiary/aromatic N) is 1. The van der Waals surface area contributed by atoms with Crippen LogP contribution in [0.25, 0.3) is 10.6 Å². The Kier molecular flexibility index (Phi) is 6.53. The minimum Gasteiger partial charge on any atom is -0.488 e. The van der Waals surface area contributed by atoms with E-state index >= 15 is 0 Å². The highest BCUT2D eigenvalue weighted by Gasteiger charge is 2.29. The lowest BCUT2D eigenvalue weighted by atomic mass is 10.1. The molecule has 0 radical (unpaired) electrons. The number of benzene rings is 2. The van der Waals surface area contributed by atoms with Crippen LogP contribution in [0.5, 0.6) is 5.75 Å². The van der Waals surface area contributed by atoms with Crippen LogP contribution in [0, 0.1) is 0 Å². The fourth-order valence-electron chi connectivity index (χ4n) is 2.55. The van der Waals surface area contributed by atoms with Gasteiger partial charge in [0.1, 0.15) is 23.1 Å². The van der Waals surface area contributed by atoms with Crippen molar-refractivity contribution in [1.82, 2.24) is 10.3 Å². The van der Waals surface area contributed by atoms with Crippen molar-refractivity contribution >= 4 is 17.2 Å². The monoisotopic (exact) mass is 420 g/mol. The Hall–Kier alpha value is -2.87. The number of carbonyl (C=O) groups is 1. The summed E-state index contributed by atoms with van der Waals surface area (Å²) in [4.78, 5) is 16.5. The normalized spacial score (nSPS) is 11.3. The number of halogens is 3. The van der Waals surface area contributed by atoms with Gasteiger partial charge in [0.2, 0.25) is 0 Å². The smallest absolute Gasteiger partial charge is 0.416 e. The molecular weight excluding hydrogens is 401 g/mol. The number of alkyl halides is 3. The molecular formula is C21H19F3N2O2S. The predicted octanol–water partition coefficient (Wildman–Crippen LogP) is 5.55. The summed E-state index contributed by atoms with van der Waals surface area (Å²) in [7, 11) is 0. The molecule has 1 N–H and O–H groups in total. The van der Waals surface area contributed by atoms with E-state index in [9.17, 15) is 18.0 Å². The molecule has 0 unspecified atom stereocenters. The number of aromatic nitrogens is 1. The Labute approximate surface area is 170 Å². The lowest BCUT2D eigenvalue weighted by molar-refractivity contribution is -0.137. The van der Waals surface area contributed by atoms with E-state index in [-0.39, 0.29) is 12.5 Å². The summed E-state index contributed by atoms with van der Waals surface area (Å²) in [5.74, 6) is 0.319. The van der Waals surface area contributed by atoms with E-state index in [1.165, 1.54) is 23.5 Å². The number of nitrogens with one attached hydrogen (secondary N) is 1. The van der Waals surface area contributed by atoms with E-state index in [0.717, 1.165) is 24.1 Å². The molecule has 1 heterocycles. The number of para-hydroxylation sites is 1. The third-order valence-corrected chi connectivity index (χ3v) is 4.94. The van der Waals surface area contributed by atoms with Gasteiger partial charge in [0.15, 0.2) is 0 Å². The third kappa shape index (κ3) is 5.35. The molecule has 152 valence electrons. The third-order valence-electron chi connectivity index (χ3n) is 4.07. The molecule has 3 rings (SSSR count). The maximum absolute atomic E-state index is 12.7. The van der Waals surface area contributed by atoms with Crippen molar-refractivity contribution in [2.24, 2.45) is 0 Å². The predicted molar refractivity (Wildman–Crippen MR) is 106 cm³/mol. The molecule has 0 fully saturated rings. The summed E-state index contributed by atoms with van der Waals surface area (Å²) < 4.78 is 43.8. The van der Waals surface area contributed by atoms with Gasteiger partial charge in [0.05, 0.1) is 11.1 Å². The fraction of sp³-hybridized carbons (Fsp3) is 0.238. The highest BCUT2D eigenvalue weighted by atomic mass is 32.1. The van der Waals surface area contributed by atoms with E-state index in [1.54, 1.807) is 17.5 Å². The van der Waals surface area contributed by atoms with Gasteiger partial charge in [0, 0.05) is 11.9 Å². The second-order valence-corrected chi connectivity index (χ2v) is 7.13. The van der Waals surface area contributed by atoms with Crippen molar-refractivity contribution in [3.8, 4) is 16.3 Å². The maximum Gasteiger partial charge on any atom is 0.416 e. The molecule has 0 atom stereocenters. The fourth-order valence-corrected chi connectivity index (χ4v) is 3.38. The van der Waals surface area contributed by atoms with Gasteiger partial charge in [-0.3, -0.25) is 4.79 Å². The summed E-state index contributed by atoms with van der Waals surface area (Å²) >= 11 is 1.33. The molecule has 0 aliphatic heterocycles. The molecule has 8 heteroatoms. The van der Waals surface area contributed by atoms with E-state index < -0.39 is 11.7 Å². The average molecular weight is 420 g/mol. The zero-order chi connectivity index (χ0) is 20.9. The average Bonchev–Trinajstić information content (AvgIpc) is 3.20. The highest BCUT2D eigenvalue weighted by molar-refractivity contribution is 7.13. The van der Waals surface area contributed by atoms with Gasteiger partial charge in [-0.15, -0.1) is 11.3 Å². The van der Waals surface area contributed by atoms with Crippen molar-refractivity contribution in [2.75, 3.05) is 6.54 Å². The SMILES string of the molecule is CCCNC(=O)c1csc(-c2ccccc2OCc2ccc(C(F)(F)F)cc2)n1. The van der Waals surface area contributed by atoms with Crippen LogP contribution in [-0.2, 0) is 12.8 Å². The second kappa shape index (κ2) is 9.09. The number of carbonyl (C=O) groups excluding carboxylic acids is 1. The van der Waals surface area contributed by atoms with Crippen molar-refractivity contribution in [3.05, 3.63) is 70.7 Å². The van der Waals surface area contributed by atoms with E-state index in [1.807, 2.05) is 19.1 Å². The van der Waals surface area contributed by atoms with Crippen LogP contribution in [0.15, 0.2) is 53.9 Å². The number of ether oxygens (including phenoxy) is 1. The molecule has 0 saturated carbocycles. The summed E-state index contributed by atoms with van der Waals surface area (Å²) in [6.45, 7) is 2.67. The van der Waals surface area contributed by atoms with Gasteiger partial charge in [-0.2, -0.15) is 13.2 Å². The topological polar surface area (TPSA) is 51.2 Å². The molecule has 0 spiro atoms. The van der Waals surface area contributed by atoms with E-state index in [0.29, 0.717) is 28.6 Å². The number of thiazole rings is 1. The van der Waals surface area contributed by atoms with Crippen molar-refractivity contribution < 1.29 is 22.7 Å². The molecule has 0 aliphatic rings. The molecule has 3 aromatic rings. The Morgan fingerprint density at radius 3 is 2.55 bits per heavy atom. The van der Waals surface area contributed by atoms with Gasteiger partial charge in [-0.25, -0.2) is 4.98 Å². The minimum atomic E-state index is -4.36. The van der Waals surface area contributed by atoms with Crippen LogP contribution < -0.4 is 10.1 Å². The molecule has 1 amide bonds. The maximum atomic E-state index is 12.7. The lowest BCUT2D eigenvalue weighted by Gasteiger charge is -2.11. The molecule has 0 saturated heterocycles. The summed E-state index contributed by atoms with van der Waals surface area (Å²) in [5.41, 5.74) is 0.986. The summed E-state index contributed by atoms with van der Waals surface area (Å²) in [6, 6.07) is 12.1. The van der Waals surface area contributed by atoms with Crippen LogP contribution in [0.2, 0.25) is 0 Å². The quantitative estimate of drug-likeness (QED) is 0.545. The van der Waals surface area contributed by atoms with Crippen molar-refractivity contribution in [3.63, 3.8) is 0 Å². The Bertz CT molecular complexity index is 969. The molecule has 0 aliphatic carbocycles. The molecule has 29 heavy (non-hydrogen) atoms. The first-order chi connectivity index (χ1) is 13.9. The van der Waals surface area contributed by atoms with Gasteiger partial charge in [-0.1, -0.05) is 31.2 Å². The zero-order valence-electron chi connectivity index (χ0n) is 15.6. The Morgan fingerprint density at radius 1 is 1.14 bits per heavy atom. The van der Waals surface area contributed by atoms with Crippen molar-refractivity contribution in [2.45, 2.75) is 26.1 Å². The Balaban J connectivity index is 1.73. The van der Waals surface area contributed by atoms with Crippen LogP contribution in [0.1, 0.15) is 35.0 Å². The first-order valence-corrected chi connectivity index (χ1v) is 9.88. The number of rotatable bonds is 7. The van der Waals surface area contributed by atoms with Gasteiger partial charge >= 0.3 is 6.18 Å². The van der Waals surface area contributed by atoms with Gasteiger partial charge in [0.25, 0.3) is 5.91 Å². The first-order valence-electron chi connectivity index (χ1n) is 9.00. The van der Waals surface area contributed by atoms with Crippen LogP contribution in [0.3, 0.4) is 0 Å². The van der Waals surface area contributed by atoms with Crippen LogP contribution in [0.4, 0.5) is 13.2 Å². The van der Waals surface area contributed by atoms with Crippen molar-refractivity contribution in [1.29, 1.82) is 0 Å². The lowest BCUT2D eigenvalue weighted by Crippen LogP contribution is -2.24. The molecule has 2 aromatic carbocycles. The minimum absolute atomic E-state index is 0.115. The largest absolute Gasteiger partial charge is 0.488 e.